The molecule has 7 heteroatoms. The molecular weight excluding hydrogens is 288 g/mol. The van der Waals surface area contributed by atoms with Crippen LogP contribution in [0.1, 0.15) is 33.6 Å². The lowest BCUT2D eigenvalue weighted by Gasteiger charge is -2.17. The van der Waals surface area contributed by atoms with Gasteiger partial charge in [-0.25, -0.2) is 13.1 Å². The van der Waals surface area contributed by atoms with E-state index in [1.54, 1.807) is 0 Å². The molecule has 0 bridgehead atoms. The standard InChI is InChI=1S/C12H19ClN2O3S/c1-4-8(2)5-9(3)15-19(17,18)10-6-11(13)12(16)14-7-10/h6-9,15H,4-5H2,1-3H3,(H,14,16). The molecule has 19 heavy (non-hydrogen) atoms. The number of aromatic amines is 1. The molecule has 0 radical (unpaired) electrons. The Labute approximate surface area is 118 Å². The molecule has 1 rings (SSSR count). The van der Waals surface area contributed by atoms with Crippen molar-refractivity contribution < 1.29 is 8.42 Å². The Morgan fingerprint density at radius 2 is 2.05 bits per heavy atom. The molecule has 5 nitrogen and oxygen atoms in total. The number of aromatic nitrogens is 1. The van der Waals surface area contributed by atoms with Gasteiger partial charge in [-0.15, -0.1) is 0 Å². The molecular formula is C12H19ClN2O3S. The second kappa shape index (κ2) is 6.54. The van der Waals surface area contributed by atoms with Gasteiger partial charge < -0.3 is 4.98 Å². The molecule has 0 fully saturated rings. The molecule has 1 aromatic rings. The quantitative estimate of drug-likeness (QED) is 0.845. The fourth-order valence-electron chi connectivity index (χ4n) is 1.74. The first-order chi connectivity index (χ1) is 8.76. The van der Waals surface area contributed by atoms with Gasteiger partial charge in [-0.3, -0.25) is 4.79 Å². The third kappa shape index (κ3) is 4.63. The highest BCUT2D eigenvalue weighted by Crippen LogP contribution is 2.14. The lowest BCUT2D eigenvalue weighted by molar-refractivity contribution is 0.445. The van der Waals surface area contributed by atoms with Crippen LogP contribution in [0.15, 0.2) is 22.0 Å². The predicted octanol–water partition coefficient (Wildman–Crippen LogP) is 2.13. The van der Waals surface area contributed by atoms with Crippen molar-refractivity contribution in [3.63, 3.8) is 0 Å². The highest BCUT2D eigenvalue weighted by atomic mass is 35.5. The van der Waals surface area contributed by atoms with Gasteiger partial charge in [0, 0.05) is 12.2 Å². The Morgan fingerprint density at radius 3 is 2.58 bits per heavy atom. The molecule has 0 saturated carbocycles. The first kappa shape index (κ1) is 16.2. The van der Waals surface area contributed by atoms with Gasteiger partial charge in [-0.2, -0.15) is 0 Å². The van der Waals surface area contributed by atoms with Crippen LogP contribution >= 0.6 is 11.6 Å². The van der Waals surface area contributed by atoms with Crippen molar-refractivity contribution in [1.29, 1.82) is 0 Å². The van der Waals surface area contributed by atoms with E-state index in [2.05, 4.69) is 23.6 Å². The molecule has 108 valence electrons. The fraction of sp³-hybridized carbons (Fsp3) is 0.583. The average Bonchev–Trinajstić information content (AvgIpc) is 2.31. The minimum absolute atomic E-state index is 0.0342. The van der Waals surface area contributed by atoms with Crippen LogP contribution in [0.3, 0.4) is 0 Å². The normalized spacial score (nSPS) is 15.2. The Hall–Kier alpha value is -0.850. The summed E-state index contributed by atoms with van der Waals surface area (Å²) in [5.41, 5.74) is -0.506. The zero-order chi connectivity index (χ0) is 14.6. The summed E-state index contributed by atoms with van der Waals surface area (Å²) in [5, 5.41) is -0.141. The summed E-state index contributed by atoms with van der Waals surface area (Å²) in [5.74, 6) is 0.442. The van der Waals surface area contributed by atoms with Crippen molar-refractivity contribution in [3.8, 4) is 0 Å². The summed E-state index contributed by atoms with van der Waals surface area (Å²) in [6.07, 6.45) is 2.90. The van der Waals surface area contributed by atoms with Crippen molar-refractivity contribution in [2.75, 3.05) is 0 Å². The molecule has 1 aromatic heterocycles. The SMILES string of the molecule is CCC(C)CC(C)NS(=O)(=O)c1c[nH]c(=O)c(Cl)c1. The first-order valence-corrected chi connectivity index (χ1v) is 8.03. The summed E-state index contributed by atoms with van der Waals surface area (Å²) >= 11 is 5.63. The van der Waals surface area contributed by atoms with E-state index >= 15 is 0 Å². The molecule has 2 N–H and O–H groups in total. The number of pyridine rings is 1. The molecule has 0 aliphatic carbocycles. The van der Waals surface area contributed by atoms with Crippen LogP contribution in [0.2, 0.25) is 5.02 Å². The Morgan fingerprint density at radius 1 is 1.42 bits per heavy atom. The summed E-state index contributed by atoms with van der Waals surface area (Å²) in [7, 11) is -3.66. The second-order valence-electron chi connectivity index (χ2n) is 4.78. The Kier molecular flexibility index (Phi) is 5.58. The van der Waals surface area contributed by atoms with Crippen LogP contribution in [0, 0.1) is 5.92 Å². The van der Waals surface area contributed by atoms with E-state index < -0.39 is 15.6 Å². The Balaban J connectivity index is 2.86. The maximum Gasteiger partial charge on any atom is 0.266 e. The van der Waals surface area contributed by atoms with E-state index in [9.17, 15) is 13.2 Å². The van der Waals surface area contributed by atoms with E-state index in [1.807, 2.05) is 6.92 Å². The van der Waals surface area contributed by atoms with E-state index in [4.69, 9.17) is 11.6 Å². The Bertz CT molecular complexity index is 583. The number of H-pyrrole nitrogens is 1. The van der Waals surface area contributed by atoms with Crippen LogP contribution < -0.4 is 10.3 Å². The molecule has 2 atom stereocenters. The minimum Gasteiger partial charge on any atom is -0.326 e. The van der Waals surface area contributed by atoms with E-state index in [0.29, 0.717) is 5.92 Å². The number of hydrogen-bond acceptors (Lipinski definition) is 3. The summed E-state index contributed by atoms with van der Waals surface area (Å²) in [4.78, 5) is 13.4. The molecule has 2 unspecified atom stereocenters. The van der Waals surface area contributed by atoms with Crippen molar-refractivity contribution in [3.05, 3.63) is 27.6 Å². The smallest absolute Gasteiger partial charge is 0.266 e. The first-order valence-electron chi connectivity index (χ1n) is 6.16. The minimum atomic E-state index is -3.66. The van der Waals surface area contributed by atoms with Gasteiger partial charge in [0.15, 0.2) is 0 Å². The van der Waals surface area contributed by atoms with Crippen LogP contribution in [-0.2, 0) is 10.0 Å². The number of rotatable bonds is 6. The number of nitrogens with one attached hydrogen (secondary N) is 2. The van der Waals surface area contributed by atoms with Crippen LogP contribution in [0.25, 0.3) is 0 Å². The summed E-state index contributed by atoms with van der Waals surface area (Å²) in [6.45, 7) is 5.95. The monoisotopic (exact) mass is 306 g/mol. The average molecular weight is 307 g/mol. The lowest BCUT2D eigenvalue weighted by Crippen LogP contribution is -2.34. The lowest BCUT2D eigenvalue weighted by atomic mass is 10.0. The van der Waals surface area contributed by atoms with Crippen LogP contribution in [0.4, 0.5) is 0 Å². The molecule has 0 aliphatic rings. The van der Waals surface area contributed by atoms with Crippen LogP contribution in [0.5, 0.6) is 0 Å². The van der Waals surface area contributed by atoms with E-state index in [0.717, 1.165) is 25.1 Å². The molecule has 0 aromatic carbocycles. The van der Waals surface area contributed by atoms with Gasteiger partial charge in [-0.05, 0) is 25.3 Å². The molecule has 0 saturated heterocycles. The molecule has 1 heterocycles. The fourth-order valence-corrected chi connectivity index (χ4v) is 3.23. The third-order valence-corrected chi connectivity index (χ3v) is 4.80. The summed E-state index contributed by atoms with van der Waals surface area (Å²) < 4.78 is 26.7. The topological polar surface area (TPSA) is 79.0 Å². The van der Waals surface area contributed by atoms with Crippen molar-refractivity contribution >= 4 is 21.6 Å². The van der Waals surface area contributed by atoms with Gasteiger partial charge in [0.2, 0.25) is 10.0 Å². The maximum absolute atomic E-state index is 12.1. The zero-order valence-electron chi connectivity index (χ0n) is 11.2. The highest BCUT2D eigenvalue weighted by molar-refractivity contribution is 7.89. The molecule has 0 spiro atoms. The van der Waals surface area contributed by atoms with Gasteiger partial charge in [0.05, 0.1) is 4.90 Å². The largest absolute Gasteiger partial charge is 0.326 e. The van der Waals surface area contributed by atoms with Crippen molar-refractivity contribution in [2.24, 2.45) is 5.92 Å². The van der Waals surface area contributed by atoms with E-state index in [-0.39, 0.29) is 16.0 Å². The van der Waals surface area contributed by atoms with Gasteiger partial charge in [0.1, 0.15) is 5.02 Å². The van der Waals surface area contributed by atoms with Crippen LogP contribution in [-0.4, -0.2) is 19.4 Å². The number of halogens is 1. The summed E-state index contributed by atoms with van der Waals surface area (Å²) in [6, 6.07) is 0.976. The number of hydrogen-bond donors (Lipinski definition) is 2. The second-order valence-corrected chi connectivity index (χ2v) is 6.91. The van der Waals surface area contributed by atoms with Gasteiger partial charge in [-0.1, -0.05) is 31.9 Å². The molecule has 0 aliphatic heterocycles. The van der Waals surface area contributed by atoms with Gasteiger partial charge >= 0.3 is 0 Å². The van der Waals surface area contributed by atoms with Gasteiger partial charge in [0.25, 0.3) is 5.56 Å². The van der Waals surface area contributed by atoms with Crippen molar-refractivity contribution in [1.82, 2.24) is 9.71 Å². The number of sulfonamides is 1. The third-order valence-electron chi connectivity index (χ3n) is 2.95. The highest BCUT2D eigenvalue weighted by Gasteiger charge is 2.19. The van der Waals surface area contributed by atoms with Crippen molar-refractivity contribution in [2.45, 2.75) is 44.6 Å². The zero-order valence-corrected chi connectivity index (χ0v) is 12.8. The molecule has 0 amide bonds. The maximum atomic E-state index is 12.1. The predicted molar refractivity (Wildman–Crippen MR) is 75.9 cm³/mol. The van der Waals surface area contributed by atoms with E-state index in [1.165, 1.54) is 0 Å².